The summed E-state index contributed by atoms with van der Waals surface area (Å²) in [6.45, 7) is 12.4. The zero-order valence-corrected chi connectivity index (χ0v) is 19.7. The van der Waals surface area contributed by atoms with E-state index in [0.29, 0.717) is 12.1 Å². The van der Waals surface area contributed by atoms with E-state index in [-0.39, 0.29) is 0 Å². The van der Waals surface area contributed by atoms with Gasteiger partial charge in [-0.2, -0.15) is 0 Å². The molecule has 3 aliphatic rings. The Morgan fingerprint density at radius 3 is 2.52 bits per heavy atom. The van der Waals surface area contributed by atoms with Crippen molar-refractivity contribution in [3.8, 4) is 0 Å². The van der Waals surface area contributed by atoms with Gasteiger partial charge in [0.2, 0.25) is 0 Å². The summed E-state index contributed by atoms with van der Waals surface area (Å²) in [5.74, 6) is 0. The van der Waals surface area contributed by atoms with E-state index < -0.39 is 0 Å². The third-order valence-corrected chi connectivity index (χ3v) is 7.56. The average Bonchev–Trinajstić information content (AvgIpc) is 3.33. The molecule has 31 heavy (non-hydrogen) atoms. The van der Waals surface area contributed by atoms with Crippen LogP contribution in [0.4, 0.5) is 0 Å². The standard InChI is InChI=1S/C26H44N4O/c1-22-8-3-4-10-25(22)26(28-14-13-27-20-24-9-7-19-31-24)21-29-17-11-23(12-18-29)30-15-5-2-6-16-30/h3-4,8,10,23-24,26-28H,2,5-7,9,11-21H2,1H3. The van der Waals surface area contributed by atoms with Crippen molar-refractivity contribution in [2.75, 3.05) is 59.0 Å². The second-order valence-electron chi connectivity index (χ2n) is 9.83. The summed E-state index contributed by atoms with van der Waals surface area (Å²) in [5.41, 5.74) is 2.86. The van der Waals surface area contributed by atoms with Crippen LogP contribution in [0.5, 0.6) is 0 Å². The van der Waals surface area contributed by atoms with Crippen molar-refractivity contribution in [3.05, 3.63) is 35.4 Å². The Hall–Kier alpha value is -0.980. The minimum atomic E-state index is 0.400. The molecule has 3 heterocycles. The first-order valence-corrected chi connectivity index (χ1v) is 12.9. The molecule has 3 aliphatic heterocycles. The van der Waals surface area contributed by atoms with Gasteiger partial charge in [0, 0.05) is 44.9 Å². The van der Waals surface area contributed by atoms with Gasteiger partial charge in [-0.3, -0.25) is 0 Å². The highest BCUT2D eigenvalue weighted by Crippen LogP contribution is 2.24. The largest absolute Gasteiger partial charge is 0.377 e. The Bertz CT molecular complexity index is 634. The van der Waals surface area contributed by atoms with Gasteiger partial charge in [0.15, 0.2) is 0 Å². The number of hydrogen-bond donors (Lipinski definition) is 2. The fourth-order valence-electron chi connectivity index (χ4n) is 5.66. The van der Waals surface area contributed by atoms with Crippen LogP contribution in [0, 0.1) is 6.92 Å². The van der Waals surface area contributed by atoms with E-state index in [4.69, 9.17) is 4.74 Å². The summed E-state index contributed by atoms with van der Waals surface area (Å²) in [6.07, 6.45) is 9.76. The molecule has 0 aromatic heterocycles. The lowest BCUT2D eigenvalue weighted by molar-refractivity contribution is 0.0879. The minimum Gasteiger partial charge on any atom is -0.377 e. The van der Waals surface area contributed by atoms with Crippen LogP contribution in [0.3, 0.4) is 0 Å². The van der Waals surface area contributed by atoms with Crippen molar-refractivity contribution >= 4 is 0 Å². The molecule has 0 bridgehead atoms. The van der Waals surface area contributed by atoms with Gasteiger partial charge in [0.05, 0.1) is 6.10 Å². The van der Waals surface area contributed by atoms with E-state index >= 15 is 0 Å². The molecule has 4 rings (SSSR count). The molecule has 0 saturated carbocycles. The molecule has 2 N–H and O–H groups in total. The summed E-state index contributed by atoms with van der Waals surface area (Å²) >= 11 is 0. The fraction of sp³-hybridized carbons (Fsp3) is 0.769. The topological polar surface area (TPSA) is 39.8 Å². The van der Waals surface area contributed by atoms with Gasteiger partial charge in [-0.25, -0.2) is 0 Å². The van der Waals surface area contributed by atoms with E-state index in [1.807, 2.05) is 0 Å². The van der Waals surface area contributed by atoms with Crippen molar-refractivity contribution in [3.63, 3.8) is 0 Å². The van der Waals surface area contributed by atoms with E-state index in [0.717, 1.165) is 38.8 Å². The van der Waals surface area contributed by atoms with Crippen LogP contribution in [-0.2, 0) is 4.74 Å². The summed E-state index contributed by atoms with van der Waals surface area (Å²) < 4.78 is 5.73. The van der Waals surface area contributed by atoms with Crippen molar-refractivity contribution in [1.82, 2.24) is 20.4 Å². The number of likely N-dealkylation sites (tertiary alicyclic amines) is 2. The first-order chi connectivity index (χ1) is 15.3. The zero-order valence-electron chi connectivity index (χ0n) is 19.7. The smallest absolute Gasteiger partial charge is 0.0700 e. The number of ether oxygens (including phenoxy) is 1. The van der Waals surface area contributed by atoms with E-state index in [1.165, 1.54) is 82.3 Å². The second-order valence-corrected chi connectivity index (χ2v) is 9.83. The first-order valence-electron chi connectivity index (χ1n) is 12.9. The Kier molecular flexibility index (Phi) is 9.21. The molecule has 5 nitrogen and oxygen atoms in total. The summed E-state index contributed by atoms with van der Waals surface area (Å²) in [6, 6.07) is 10.1. The minimum absolute atomic E-state index is 0.400. The maximum atomic E-state index is 5.73. The summed E-state index contributed by atoms with van der Waals surface area (Å²) in [7, 11) is 0. The van der Waals surface area contributed by atoms with Crippen molar-refractivity contribution in [2.24, 2.45) is 0 Å². The van der Waals surface area contributed by atoms with Gasteiger partial charge < -0.3 is 25.2 Å². The molecule has 5 heteroatoms. The van der Waals surface area contributed by atoms with Crippen LogP contribution in [0.2, 0.25) is 0 Å². The highest BCUT2D eigenvalue weighted by Gasteiger charge is 2.27. The van der Waals surface area contributed by atoms with Gasteiger partial charge >= 0.3 is 0 Å². The van der Waals surface area contributed by atoms with Gasteiger partial charge in [0.25, 0.3) is 0 Å². The Morgan fingerprint density at radius 2 is 1.77 bits per heavy atom. The lowest BCUT2D eigenvalue weighted by Crippen LogP contribution is -2.48. The van der Waals surface area contributed by atoms with Crippen LogP contribution < -0.4 is 10.6 Å². The molecular weight excluding hydrogens is 384 g/mol. The van der Waals surface area contributed by atoms with Crippen LogP contribution >= 0.6 is 0 Å². The molecular formula is C26H44N4O. The van der Waals surface area contributed by atoms with E-state index in [2.05, 4.69) is 51.6 Å². The van der Waals surface area contributed by atoms with Crippen molar-refractivity contribution in [2.45, 2.75) is 70.1 Å². The number of piperidine rings is 2. The number of aryl methyl sites for hydroxylation is 1. The van der Waals surface area contributed by atoms with E-state index in [1.54, 1.807) is 0 Å². The molecule has 3 fully saturated rings. The normalized spacial score (nSPS) is 25.1. The fourth-order valence-corrected chi connectivity index (χ4v) is 5.66. The third kappa shape index (κ3) is 7.00. The van der Waals surface area contributed by atoms with Crippen LogP contribution in [-0.4, -0.2) is 80.9 Å². The molecule has 2 atom stereocenters. The van der Waals surface area contributed by atoms with Crippen LogP contribution in [0.15, 0.2) is 24.3 Å². The third-order valence-electron chi connectivity index (χ3n) is 7.56. The number of rotatable bonds is 10. The van der Waals surface area contributed by atoms with Gasteiger partial charge in [-0.15, -0.1) is 0 Å². The number of nitrogens with one attached hydrogen (secondary N) is 2. The monoisotopic (exact) mass is 428 g/mol. The molecule has 0 radical (unpaired) electrons. The van der Waals surface area contributed by atoms with Gasteiger partial charge in [-0.05, 0) is 82.8 Å². The number of nitrogens with zero attached hydrogens (tertiary/aromatic N) is 2. The predicted molar refractivity (Wildman–Crippen MR) is 129 cm³/mol. The molecule has 1 aromatic rings. The highest BCUT2D eigenvalue weighted by atomic mass is 16.5. The van der Waals surface area contributed by atoms with Crippen molar-refractivity contribution < 1.29 is 4.74 Å². The Balaban J connectivity index is 1.25. The summed E-state index contributed by atoms with van der Waals surface area (Å²) in [4.78, 5) is 5.47. The molecule has 0 amide bonds. The number of hydrogen-bond acceptors (Lipinski definition) is 5. The number of benzene rings is 1. The maximum absolute atomic E-state index is 5.73. The molecule has 174 valence electrons. The molecule has 3 saturated heterocycles. The quantitative estimate of drug-likeness (QED) is 0.559. The van der Waals surface area contributed by atoms with E-state index in [9.17, 15) is 0 Å². The van der Waals surface area contributed by atoms with Crippen LogP contribution in [0.25, 0.3) is 0 Å². The maximum Gasteiger partial charge on any atom is 0.0700 e. The Labute approximate surface area is 189 Å². The molecule has 2 unspecified atom stereocenters. The Morgan fingerprint density at radius 1 is 0.968 bits per heavy atom. The SMILES string of the molecule is Cc1ccccc1C(CN1CCC(N2CCCCC2)CC1)NCCNCC1CCCO1. The average molecular weight is 429 g/mol. The molecule has 0 spiro atoms. The second kappa shape index (κ2) is 12.3. The lowest BCUT2D eigenvalue weighted by Gasteiger charge is -2.41. The zero-order chi connectivity index (χ0) is 21.3. The summed E-state index contributed by atoms with van der Waals surface area (Å²) in [5, 5.41) is 7.46. The predicted octanol–water partition coefficient (Wildman–Crippen LogP) is 3.34. The first kappa shape index (κ1) is 23.2. The van der Waals surface area contributed by atoms with Crippen molar-refractivity contribution in [1.29, 1.82) is 0 Å². The molecule has 1 aromatic carbocycles. The van der Waals surface area contributed by atoms with Crippen LogP contribution in [0.1, 0.15) is 62.1 Å². The van der Waals surface area contributed by atoms with Gasteiger partial charge in [-0.1, -0.05) is 30.7 Å². The highest BCUT2D eigenvalue weighted by molar-refractivity contribution is 5.29. The molecule has 0 aliphatic carbocycles. The van der Waals surface area contributed by atoms with Gasteiger partial charge in [0.1, 0.15) is 0 Å². The lowest BCUT2D eigenvalue weighted by atomic mass is 9.97.